The number of hydrogen-bond donors (Lipinski definition) is 2. The minimum atomic E-state index is -1.39. The molecule has 0 aliphatic carbocycles. The van der Waals surface area contributed by atoms with Crippen LogP contribution < -0.4 is 20.6 Å². The van der Waals surface area contributed by atoms with Crippen molar-refractivity contribution in [2.24, 2.45) is 11.0 Å². The average Bonchev–Trinajstić information content (AvgIpc) is 2.51. The molecular weight excluding hydrogens is 338 g/mol. The first-order valence-electron chi connectivity index (χ1n) is 7.03. The van der Waals surface area contributed by atoms with E-state index in [4.69, 9.17) is 16.3 Å². The lowest BCUT2D eigenvalue weighted by Gasteiger charge is -2.09. The highest BCUT2D eigenvalue weighted by Gasteiger charge is 2.12. The van der Waals surface area contributed by atoms with E-state index in [0.29, 0.717) is 17.1 Å². The Bertz CT molecular complexity index is 646. The van der Waals surface area contributed by atoms with E-state index in [2.05, 4.69) is 15.8 Å². The molecule has 1 aromatic carbocycles. The van der Waals surface area contributed by atoms with Crippen molar-refractivity contribution >= 4 is 35.6 Å². The van der Waals surface area contributed by atoms with Crippen LogP contribution in [0.1, 0.15) is 19.4 Å². The summed E-state index contributed by atoms with van der Waals surface area (Å²) in [6.45, 7) is 3.51. The van der Waals surface area contributed by atoms with Crippen molar-refractivity contribution in [2.75, 3.05) is 13.2 Å². The van der Waals surface area contributed by atoms with Crippen LogP contribution in [0.2, 0.25) is 5.02 Å². The largest absolute Gasteiger partial charge is 0.546 e. The molecule has 0 radical (unpaired) electrons. The predicted molar refractivity (Wildman–Crippen MR) is 85.5 cm³/mol. The number of amides is 2. The number of carbonyl (C=O) groups excluding carboxylic acids is 3. The minimum absolute atomic E-state index is 0.186. The van der Waals surface area contributed by atoms with Gasteiger partial charge in [-0.05, 0) is 24.1 Å². The molecule has 0 saturated carbocycles. The second-order valence-electron chi connectivity index (χ2n) is 5.15. The summed E-state index contributed by atoms with van der Waals surface area (Å²) in [5.74, 6) is -2.72. The SMILES string of the molecule is CC(C)CNC(=O)C(=O)N/N=C\c1cc(Cl)ccc1OCC(=O)[O-]. The Hall–Kier alpha value is -2.61. The predicted octanol–water partition coefficient (Wildman–Crippen LogP) is -0.309. The number of hydrazone groups is 1. The van der Waals surface area contributed by atoms with Crippen LogP contribution in [0.5, 0.6) is 5.75 Å². The van der Waals surface area contributed by atoms with Gasteiger partial charge in [0.05, 0.1) is 12.2 Å². The molecule has 130 valence electrons. The Morgan fingerprint density at radius 1 is 1.33 bits per heavy atom. The first-order chi connectivity index (χ1) is 11.3. The van der Waals surface area contributed by atoms with E-state index < -0.39 is 24.4 Å². The molecule has 0 bridgehead atoms. The van der Waals surface area contributed by atoms with Crippen LogP contribution in [-0.2, 0) is 14.4 Å². The van der Waals surface area contributed by atoms with Crippen LogP contribution in [0.15, 0.2) is 23.3 Å². The Morgan fingerprint density at radius 3 is 2.67 bits per heavy atom. The van der Waals surface area contributed by atoms with Gasteiger partial charge < -0.3 is 20.0 Å². The number of nitrogens with zero attached hydrogens (tertiary/aromatic N) is 1. The number of benzene rings is 1. The van der Waals surface area contributed by atoms with Gasteiger partial charge in [0.15, 0.2) is 0 Å². The smallest absolute Gasteiger partial charge is 0.329 e. The van der Waals surface area contributed by atoms with Gasteiger partial charge in [-0.3, -0.25) is 9.59 Å². The molecule has 2 amide bonds. The molecule has 1 aromatic rings. The van der Waals surface area contributed by atoms with E-state index in [1.54, 1.807) is 0 Å². The molecule has 0 saturated heterocycles. The Labute approximate surface area is 143 Å². The van der Waals surface area contributed by atoms with E-state index in [1.165, 1.54) is 24.4 Å². The Kier molecular flexibility index (Phi) is 7.70. The summed E-state index contributed by atoms with van der Waals surface area (Å²) >= 11 is 5.84. The van der Waals surface area contributed by atoms with Crippen molar-refractivity contribution in [3.8, 4) is 5.75 Å². The first-order valence-corrected chi connectivity index (χ1v) is 7.40. The van der Waals surface area contributed by atoms with Gasteiger partial charge in [-0.25, -0.2) is 5.43 Å². The van der Waals surface area contributed by atoms with Crippen molar-refractivity contribution in [1.29, 1.82) is 0 Å². The third kappa shape index (κ3) is 7.10. The fourth-order valence-electron chi connectivity index (χ4n) is 1.48. The Morgan fingerprint density at radius 2 is 2.04 bits per heavy atom. The number of rotatable bonds is 7. The third-order valence-corrected chi connectivity index (χ3v) is 2.80. The average molecular weight is 355 g/mol. The van der Waals surface area contributed by atoms with E-state index in [-0.39, 0.29) is 11.7 Å². The molecule has 24 heavy (non-hydrogen) atoms. The van der Waals surface area contributed by atoms with Gasteiger partial charge in [-0.15, -0.1) is 0 Å². The molecule has 0 aliphatic rings. The monoisotopic (exact) mass is 354 g/mol. The lowest BCUT2D eigenvalue weighted by molar-refractivity contribution is -0.307. The number of hydrogen-bond acceptors (Lipinski definition) is 6. The summed E-state index contributed by atoms with van der Waals surface area (Å²) < 4.78 is 5.02. The lowest BCUT2D eigenvalue weighted by Crippen LogP contribution is -2.39. The lowest BCUT2D eigenvalue weighted by atomic mass is 10.2. The molecule has 0 fully saturated rings. The second kappa shape index (κ2) is 9.51. The number of nitrogens with one attached hydrogen (secondary N) is 2. The number of carboxylic acids is 1. The van der Waals surface area contributed by atoms with Crippen LogP contribution in [0.25, 0.3) is 0 Å². The maximum absolute atomic E-state index is 11.5. The molecule has 0 unspecified atom stereocenters. The molecule has 2 N–H and O–H groups in total. The summed E-state index contributed by atoms with van der Waals surface area (Å²) in [6, 6.07) is 4.41. The summed E-state index contributed by atoms with van der Waals surface area (Å²) in [7, 11) is 0. The molecular formula is C15H17ClN3O5-. The minimum Gasteiger partial charge on any atom is -0.546 e. The highest BCUT2D eigenvalue weighted by atomic mass is 35.5. The van der Waals surface area contributed by atoms with Crippen molar-refractivity contribution in [3.63, 3.8) is 0 Å². The molecule has 0 aliphatic heterocycles. The van der Waals surface area contributed by atoms with Gasteiger partial charge >= 0.3 is 11.8 Å². The molecule has 0 heterocycles. The van der Waals surface area contributed by atoms with E-state index in [9.17, 15) is 19.5 Å². The number of halogens is 1. The molecule has 0 atom stereocenters. The van der Waals surface area contributed by atoms with Crippen LogP contribution in [0.3, 0.4) is 0 Å². The van der Waals surface area contributed by atoms with Crippen molar-refractivity contribution < 1.29 is 24.2 Å². The number of carboxylic acid groups (broad SMARTS) is 1. The number of ether oxygens (including phenoxy) is 1. The van der Waals surface area contributed by atoms with E-state index in [1.807, 2.05) is 13.8 Å². The highest BCUT2D eigenvalue weighted by Crippen LogP contribution is 2.21. The first kappa shape index (κ1) is 19.4. The second-order valence-corrected chi connectivity index (χ2v) is 5.58. The summed E-state index contributed by atoms with van der Waals surface area (Å²) in [5.41, 5.74) is 2.38. The zero-order chi connectivity index (χ0) is 18.1. The maximum Gasteiger partial charge on any atom is 0.329 e. The van der Waals surface area contributed by atoms with Crippen LogP contribution in [0, 0.1) is 5.92 Å². The van der Waals surface area contributed by atoms with Crippen LogP contribution in [-0.4, -0.2) is 37.1 Å². The summed E-state index contributed by atoms with van der Waals surface area (Å²) in [4.78, 5) is 33.4. The molecule has 9 heteroatoms. The van der Waals surface area contributed by atoms with Crippen LogP contribution in [0.4, 0.5) is 0 Å². The Balaban J connectivity index is 2.68. The normalized spacial score (nSPS) is 10.7. The third-order valence-electron chi connectivity index (χ3n) is 2.56. The zero-order valence-corrected chi connectivity index (χ0v) is 13.9. The van der Waals surface area contributed by atoms with Gasteiger partial charge in [0, 0.05) is 17.1 Å². The quantitative estimate of drug-likeness (QED) is 0.395. The van der Waals surface area contributed by atoms with Gasteiger partial charge in [-0.1, -0.05) is 25.4 Å². The number of carbonyl (C=O) groups is 3. The van der Waals surface area contributed by atoms with E-state index in [0.717, 1.165) is 0 Å². The zero-order valence-electron chi connectivity index (χ0n) is 13.2. The molecule has 8 nitrogen and oxygen atoms in total. The topological polar surface area (TPSA) is 120 Å². The van der Waals surface area contributed by atoms with Crippen molar-refractivity contribution in [1.82, 2.24) is 10.7 Å². The fourth-order valence-corrected chi connectivity index (χ4v) is 1.66. The number of aliphatic carboxylic acids is 1. The fraction of sp³-hybridized carbons (Fsp3) is 0.333. The standard InChI is InChI=1S/C15H18ClN3O5/c1-9(2)6-17-14(22)15(23)19-18-7-10-5-11(16)3-4-12(10)24-8-13(20)21/h3-5,7,9H,6,8H2,1-2H3,(H,17,22)(H,19,23)(H,20,21)/p-1/b18-7-. The van der Waals surface area contributed by atoms with Crippen molar-refractivity contribution in [2.45, 2.75) is 13.8 Å². The molecule has 0 aromatic heterocycles. The van der Waals surface area contributed by atoms with Crippen molar-refractivity contribution in [3.05, 3.63) is 28.8 Å². The molecule has 1 rings (SSSR count). The van der Waals surface area contributed by atoms with E-state index >= 15 is 0 Å². The van der Waals surface area contributed by atoms with Gasteiger partial charge in [-0.2, -0.15) is 5.10 Å². The van der Waals surface area contributed by atoms with Gasteiger partial charge in [0.2, 0.25) is 0 Å². The van der Waals surface area contributed by atoms with Gasteiger partial charge in [0.25, 0.3) is 0 Å². The maximum atomic E-state index is 11.5. The molecule has 0 spiro atoms. The summed E-state index contributed by atoms with van der Waals surface area (Å²) in [5, 5.41) is 16.9. The highest BCUT2D eigenvalue weighted by molar-refractivity contribution is 6.35. The summed E-state index contributed by atoms with van der Waals surface area (Å²) in [6.07, 6.45) is 1.18. The van der Waals surface area contributed by atoms with Crippen LogP contribution >= 0.6 is 11.6 Å². The van der Waals surface area contributed by atoms with Gasteiger partial charge in [0.1, 0.15) is 12.4 Å².